The van der Waals surface area contributed by atoms with E-state index < -0.39 is 0 Å². The van der Waals surface area contributed by atoms with Gasteiger partial charge in [-0.2, -0.15) is 0 Å². The van der Waals surface area contributed by atoms with Gasteiger partial charge in [-0.1, -0.05) is 0 Å². The SMILES string of the molecule is CCOC(=O)Cc1csc(NC2CC2)n1. The number of anilines is 1. The highest BCUT2D eigenvalue weighted by molar-refractivity contribution is 7.13. The highest BCUT2D eigenvalue weighted by Crippen LogP contribution is 2.26. The molecule has 0 aliphatic heterocycles. The number of hydrogen-bond acceptors (Lipinski definition) is 5. The lowest BCUT2D eigenvalue weighted by molar-refractivity contribution is -0.142. The van der Waals surface area contributed by atoms with E-state index >= 15 is 0 Å². The van der Waals surface area contributed by atoms with Crippen LogP contribution in [0.1, 0.15) is 25.5 Å². The van der Waals surface area contributed by atoms with Crippen LogP contribution in [-0.4, -0.2) is 23.6 Å². The molecule has 0 amide bonds. The smallest absolute Gasteiger partial charge is 0.311 e. The van der Waals surface area contributed by atoms with Crippen molar-refractivity contribution in [3.63, 3.8) is 0 Å². The highest BCUT2D eigenvalue weighted by Gasteiger charge is 2.22. The lowest BCUT2D eigenvalue weighted by atomic mass is 10.3. The molecular formula is C10H14N2O2S. The molecule has 0 bridgehead atoms. The van der Waals surface area contributed by atoms with Crippen molar-refractivity contribution >= 4 is 22.4 Å². The van der Waals surface area contributed by atoms with Gasteiger partial charge >= 0.3 is 5.97 Å². The second kappa shape index (κ2) is 4.61. The van der Waals surface area contributed by atoms with Gasteiger partial charge in [-0.25, -0.2) is 4.98 Å². The lowest BCUT2D eigenvalue weighted by Crippen LogP contribution is -2.08. The number of carbonyl (C=O) groups excluding carboxylic acids is 1. The van der Waals surface area contributed by atoms with Crippen LogP contribution >= 0.6 is 11.3 Å². The third kappa shape index (κ3) is 3.20. The van der Waals surface area contributed by atoms with Crippen LogP contribution in [0.25, 0.3) is 0 Å². The van der Waals surface area contributed by atoms with Gasteiger partial charge < -0.3 is 10.1 Å². The molecule has 0 spiro atoms. The predicted octanol–water partition coefficient (Wildman–Crippen LogP) is 1.82. The fourth-order valence-electron chi connectivity index (χ4n) is 1.22. The summed E-state index contributed by atoms with van der Waals surface area (Å²) in [6.45, 7) is 2.23. The van der Waals surface area contributed by atoms with E-state index in [2.05, 4.69) is 10.3 Å². The summed E-state index contributed by atoms with van der Waals surface area (Å²) in [6.07, 6.45) is 2.73. The number of nitrogens with one attached hydrogen (secondary N) is 1. The fourth-order valence-corrected chi connectivity index (χ4v) is 2.01. The molecule has 82 valence electrons. The number of ether oxygens (including phenoxy) is 1. The molecule has 2 rings (SSSR count). The van der Waals surface area contributed by atoms with Crippen LogP contribution in [0.5, 0.6) is 0 Å². The number of carbonyl (C=O) groups is 1. The van der Waals surface area contributed by atoms with Gasteiger partial charge in [0.15, 0.2) is 5.13 Å². The van der Waals surface area contributed by atoms with Crippen LogP contribution in [0, 0.1) is 0 Å². The van der Waals surface area contributed by atoms with E-state index in [1.807, 2.05) is 5.38 Å². The Kier molecular flexibility index (Phi) is 3.20. The molecule has 1 heterocycles. The molecule has 0 radical (unpaired) electrons. The predicted molar refractivity (Wildman–Crippen MR) is 59.1 cm³/mol. The molecule has 15 heavy (non-hydrogen) atoms. The standard InChI is InChI=1S/C10H14N2O2S/c1-2-14-9(13)5-8-6-15-10(12-8)11-7-3-4-7/h6-7H,2-5H2,1H3,(H,11,12). The molecule has 0 unspecified atom stereocenters. The molecule has 0 atom stereocenters. The van der Waals surface area contributed by atoms with E-state index in [0.717, 1.165) is 10.8 Å². The number of nitrogens with zero attached hydrogens (tertiary/aromatic N) is 1. The average molecular weight is 226 g/mol. The first-order valence-electron chi connectivity index (χ1n) is 5.14. The molecule has 1 saturated carbocycles. The van der Waals surface area contributed by atoms with E-state index in [4.69, 9.17) is 4.74 Å². The summed E-state index contributed by atoms with van der Waals surface area (Å²) in [4.78, 5) is 15.5. The van der Waals surface area contributed by atoms with Crippen molar-refractivity contribution in [1.82, 2.24) is 4.98 Å². The maximum Gasteiger partial charge on any atom is 0.311 e. The van der Waals surface area contributed by atoms with Crippen molar-refractivity contribution in [2.45, 2.75) is 32.2 Å². The first-order valence-corrected chi connectivity index (χ1v) is 6.02. The molecule has 1 aromatic heterocycles. The average Bonchev–Trinajstić information content (AvgIpc) is 2.88. The summed E-state index contributed by atoms with van der Waals surface area (Å²) >= 11 is 1.55. The molecule has 1 aromatic rings. The lowest BCUT2D eigenvalue weighted by Gasteiger charge is -1.98. The van der Waals surface area contributed by atoms with E-state index in [0.29, 0.717) is 12.6 Å². The molecule has 5 heteroatoms. The third-order valence-corrected chi connectivity index (χ3v) is 2.91. The van der Waals surface area contributed by atoms with Gasteiger partial charge in [-0.15, -0.1) is 11.3 Å². The quantitative estimate of drug-likeness (QED) is 0.778. The monoisotopic (exact) mass is 226 g/mol. The van der Waals surface area contributed by atoms with Crippen LogP contribution in [0.4, 0.5) is 5.13 Å². The van der Waals surface area contributed by atoms with E-state index in [-0.39, 0.29) is 12.4 Å². The first kappa shape index (κ1) is 10.4. The molecule has 1 N–H and O–H groups in total. The number of thiazole rings is 1. The second-order valence-corrected chi connectivity index (χ2v) is 4.40. The molecule has 0 saturated heterocycles. The van der Waals surface area contributed by atoms with Gasteiger partial charge in [0.05, 0.1) is 18.7 Å². The molecule has 0 aromatic carbocycles. The van der Waals surface area contributed by atoms with E-state index in [1.54, 1.807) is 18.3 Å². The van der Waals surface area contributed by atoms with Crippen LogP contribution in [0.15, 0.2) is 5.38 Å². The molecule has 1 fully saturated rings. The zero-order valence-electron chi connectivity index (χ0n) is 8.66. The van der Waals surface area contributed by atoms with Crippen molar-refractivity contribution < 1.29 is 9.53 Å². The Labute approximate surface area is 92.7 Å². The van der Waals surface area contributed by atoms with Gasteiger partial charge in [0.2, 0.25) is 0 Å². The Morgan fingerprint density at radius 3 is 3.20 bits per heavy atom. The summed E-state index contributed by atoms with van der Waals surface area (Å²) in [7, 11) is 0. The Bertz CT molecular complexity index is 347. The van der Waals surface area contributed by atoms with Gasteiger partial charge in [-0.05, 0) is 19.8 Å². The molecule has 1 aliphatic carbocycles. The van der Waals surface area contributed by atoms with Crippen molar-refractivity contribution in [2.75, 3.05) is 11.9 Å². The second-order valence-electron chi connectivity index (χ2n) is 3.54. The Balaban J connectivity index is 1.85. The van der Waals surface area contributed by atoms with E-state index in [1.165, 1.54) is 12.8 Å². The van der Waals surface area contributed by atoms with Gasteiger partial charge in [0.1, 0.15) is 0 Å². The van der Waals surface area contributed by atoms with Crippen molar-refractivity contribution in [3.8, 4) is 0 Å². The topological polar surface area (TPSA) is 51.2 Å². The van der Waals surface area contributed by atoms with E-state index in [9.17, 15) is 4.79 Å². The summed E-state index contributed by atoms with van der Waals surface area (Å²) in [5.41, 5.74) is 0.793. The van der Waals surface area contributed by atoms with Crippen LogP contribution < -0.4 is 5.32 Å². The minimum atomic E-state index is -0.208. The number of aromatic nitrogens is 1. The number of rotatable bonds is 5. The Hall–Kier alpha value is -1.10. The minimum Gasteiger partial charge on any atom is -0.466 e. The maximum absolute atomic E-state index is 11.2. The van der Waals surface area contributed by atoms with Gasteiger partial charge in [0.25, 0.3) is 0 Å². The largest absolute Gasteiger partial charge is 0.466 e. The molecule has 4 nitrogen and oxygen atoms in total. The normalized spacial score (nSPS) is 15.0. The zero-order valence-corrected chi connectivity index (χ0v) is 9.47. The highest BCUT2D eigenvalue weighted by atomic mass is 32.1. The fraction of sp³-hybridized carbons (Fsp3) is 0.600. The summed E-state index contributed by atoms with van der Waals surface area (Å²) in [5, 5.41) is 6.11. The van der Waals surface area contributed by atoms with Gasteiger partial charge in [0, 0.05) is 11.4 Å². The van der Waals surface area contributed by atoms with Gasteiger partial charge in [-0.3, -0.25) is 4.79 Å². The molecular weight excluding hydrogens is 212 g/mol. The number of hydrogen-bond donors (Lipinski definition) is 1. The van der Waals surface area contributed by atoms with Crippen molar-refractivity contribution in [3.05, 3.63) is 11.1 Å². The van der Waals surface area contributed by atoms with Crippen LogP contribution in [0.2, 0.25) is 0 Å². The van der Waals surface area contributed by atoms with Crippen molar-refractivity contribution in [1.29, 1.82) is 0 Å². The van der Waals surface area contributed by atoms with Crippen molar-refractivity contribution in [2.24, 2.45) is 0 Å². The zero-order chi connectivity index (χ0) is 10.7. The molecule has 1 aliphatic rings. The minimum absolute atomic E-state index is 0.208. The Morgan fingerprint density at radius 1 is 1.73 bits per heavy atom. The summed E-state index contributed by atoms with van der Waals surface area (Å²) in [6, 6.07) is 0.603. The van der Waals surface area contributed by atoms with Crippen LogP contribution in [0.3, 0.4) is 0 Å². The number of esters is 1. The third-order valence-electron chi connectivity index (χ3n) is 2.09. The first-order chi connectivity index (χ1) is 7.28. The summed E-state index contributed by atoms with van der Waals surface area (Å²) in [5.74, 6) is -0.208. The maximum atomic E-state index is 11.2. The van der Waals surface area contributed by atoms with Crippen LogP contribution in [-0.2, 0) is 16.0 Å². The summed E-state index contributed by atoms with van der Waals surface area (Å²) < 4.78 is 4.85. The Morgan fingerprint density at radius 2 is 2.53 bits per heavy atom.